The third-order valence-corrected chi connectivity index (χ3v) is 5.46. The Kier molecular flexibility index (Phi) is 4.53. The number of carbonyl (C=O) groups is 2. The summed E-state index contributed by atoms with van der Waals surface area (Å²) in [6.07, 6.45) is 1.71. The third-order valence-electron chi connectivity index (χ3n) is 3.69. The van der Waals surface area contributed by atoms with Crippen LogP contribution in [0.1, 0.15) is 33.0 Å². The molecule has 0 bridgehead atoms. The Morgan fingerprint density at radius 2 is 2.08 bits per heavy atom. The fraction of sp³-hybridized carbons (Fsp3) is 0.333. The van der Waals surface area contributed by atoms with Crippen LogP contribution in [0.15, 0.2) is 28.9 Å². The van der Waals surface area contributed by atoms with E-state index in [1.165, 1.54) is 18.3 Å². The topological polar surface area (TPSA) is 131 Å². The number of carbonyl (C=O) groups excluding carboxylic acids is 2. The smallest absolute Gasteiger partial charge is 0.270 e. The van der Waals surface area contributed by atoms with Crippen molar-refractivity contribution in [1.82, 2.24) is 15.5 Å². The van der Waals surface area contributed by atoms with E-state index in [4.69, 9.17) is 4.52 Å². The van der Waals surface area contributed by atoms with Crippen LogP contribution >= 0.6 is 0 Å². The van der Waals surface area contributed by atoms with Crippen LogP contribution < -0.4 is 10.6 Å². The Bertz CT molecular complexity index is 922. The molecule has 1 saturated heterocycles. The van der Waals surface area contributed by atoms with Crippen molar-refractivity contribution in [3.63, 3.8) is 0 Å². The first-order valence-electron chi connectivity index (χ1n) is 7.54. The van der Waals surface area contributed by atoms with E-state index < -0.39 is 27.7 Å². The van der Waals surface area contributed by atoms with Gasteiger partial charge in [-0.05, 0) is 25.5 Å². The van der Waals surface area contributed by atoms with Crippen LogP contribution in [-0.4, -0.2) is 47.9 Å². The summed E-state index contributed by atoms with van der Waals surface area (Å²) < 4.78 is 27.8. The molecule has 0 aliphatic carbocycles. The summed E-state index contributed by atoms with van der Waals surface area (Å²) in [6.45, 7) is 1.70. The van der Waals surface area contributed by atoms with Crippen molar-refractivity contribution in [2.75, 3.05) is 16.8 Å². The van der Waals surface area contributed by atoms with E-state index in [0.717, 1.165) is 0 Å². The summed E-state index contributed by atoms with van der Waals surface area (Å²) in [7, 11) is -3.09. The Hall–Kier alpha value is -2.75. The van der Waals surface area contributed by atoms with E-state index in [1.807, 2.05) is 0 Å². The van der Waals surface area contributed by atoms with Gasteiger partial charge in [-0.3, -0.25) is 14.6 Å². The summed E-state index contributed by atoms with van der Waals surface area (Å²) >= 11 is 0. The molecule has 25 heavy (non-hydrogen) atoms. The van der Waals surface area contributed by atoms with Crippen LogP contribution in [0.3, 0.4) is 0 Å². The number of nitrogens with zero attached hydrogens (tertiary/aromatic N) is 2. The van der Waals surface area contributed by atoms with Gasteiger partial charge in [0.2, 0.25) is 0 Å². The van der Waals surface area contributed by atoms with Gasteiger partial charge in [-0.15, -0.1) is 0 Å². The predicted octanol–water partition coefficient (Wildman–Crippen LogP) is 0.547. The fourth-order valence-corrected chi connectivity index (χ4v) is 4.15. The summed E-state index contributed by atoms with van der Waals surface area (Å²) in [5, 5.41) is 8.84. The van der Waals surface area contributed by atoms with Crippen molar-refractivity contribution in [2.45, 2.75) is 19.4 Å². The molecule has 0 radical (unpaired) electrons. The van der Waals surface area contributed by atoms with Crippen LogP contribution in [0.2, 0.25) is 0 Å². The first-order chi connectivity index (χ1) is 11.8. The second-order valence-electron chi connectivity index (χ2n) is 5.78. The molecule has 3 heterocycles. The van der Waals surface area contributed by atoms with Crippen LogP contribution in [0.25, 0.3) is 0 Å². The maximum atomic E-state index is 12.2. The highest BCUT2D eigenvalue weighted by molar-refractivity contribution is 7.91. The minimum atomic E-state index is -3.09. The molecule has 2 aromatic heterocycles. The van der Waals surface area contributed by atoms with Gasteiger partial charge in [-0.2, -0.15) is 0 Å². The lowest BCUT2D eigenvalue weighted by atomic mass is 10.2. The zero-order chi connectivity index (χ0) is 18.0. The number of pyridine rings is 1. The molecule has 0 aromatic carbocycles. The van der Waals surface area contributed by atoms with Crippen LogP contribution in [0.5, 0.6) is 0 Å². The largest absolute Gasteiger partial charge is 0.360 e. The van der Waals surface area contributed by atoms with E-state index in [0.29, 0.717) is 12.2 Å². The molecule has 9 nitrogen and oxygen atoms in total. The molecular formula is C15H16N4O5S. The van der Waals surface area contributed by atoms with Gasteiger partial charge in [0.05, 0.1) is 11.5 Å². The normalized spacial score (nSPS) is 18.7. The lowest BCUT2D eigenvalue weighted by Crippen LogP contribution is -2.36. The first-order valence-corrected chi connectivity index (χ1v) is 9.36. The lowest BCUT2D eigenvalue weighted by molar-refractivity contribution is 0.0936. The molecule has 2 amide bonds. The highest BCUT2D eigenvalue weighted by Crippen LogP contribution is 2.13. The Labute approximate surface area is 143 Å². The number of rotatable bonds is 4. The van der Waals surface area contributed by atoms with E-state index in [1.54, 1.807) is 13.0 Å². The van der Waals surface area contributed by atoms with E-state index in [9.17, 15) is 18.0 Å². The van der Waals surface area contributed by atoms with Gasteiger partial charge in [0.15, 0.2) is 15.7 Å². The number of hydrogen-bond acceptors (Lipinski definition) is 7. The molecule has 3 rings (SSSR count). The number of sulfone groups is 1. The van der Waals surface area contributed by atoms with Crippen molar-refractivity contribution < 1.29 is 22.5 Å². The highest BCUT2D eigenvalue weighted by atomic mass is 32.2. The monoisotopic (exact) mass is 364 g/mol. The number of anilines is 1. The first kappa shape index (κ1) is 17.1. The van der Waals surface area contributed by atoms with Crippen molar-refractivity contribution in [3.8, 4) is 0 Å². The van der Waals surface area contributed by atoms with Gasteiger partial charge in [-0.1, -0.05) is 5.16 Å². The maximum Gasteiger partial charge on any atom is 0.270 e. The van der Waals surface area contributed by atoms with Gasteiger partial charge in [0.1, 0.15) is 11.5 Å². The summed E-state index contributed by atoms with van der Waals surface area (Å²) in [4.78, 5) is 28.4. The lowest BCUT2D eigenvalue weighted by Gasteiger charge is -2.10. The number of nitrogens with one attached hydrogen (secondary N) is 2. The number of aromatic nitrogens is 2. The molecule has 0 saturated carbocycles. The van der Waals surface area contributed by atoms with E-state index in [2.05, 4.69) is 20.8 Å². The summed E-state index contributed by atoms with van der Waals surface area (Å²) in [5.41, 5.74) is 0.258. The van der Waals surface area contributed by atoms with Crippen LogP contribution in [-0.2, 0) is 9.84 Å². The van der Waals surface area contributed by atoms with Gasteiger partial charge >= 0.3 is 0 Å². The quantitative estimate of drug-likeness (QED) is 0.809. The summed E-state index contributed by atoms with van der Waals surface area (Å²) in [6, 6.07) is 3.92. The second-order valence-corrected chi connectivity index (χ2v) is 8.01. The predicted molar refractivity (Wildman–Crippen MR) is 88.0 cm³/mol. The molecular weight excluding hydrogens is 348 g/mol. The van der Waals surface area contributed by atoms with Gasteiger partial charge in [0.25, 0.3) is 11.8 Å². The number of aryl methyl sites for hydroxylation is 1. The van der Waals surface area contributed by atoms with Gasteiger partial charge in [0, 0.05) is 23.9 Å². The zero-order valence-corrected chi connectivity index (χ0v) is 14.2. The molecule has 1 atom stereocenters. The second kappa shape index (κ2) is 6.63. The van der Waals surface area contributed by atoms with Crippen molar-refractivity contribution >= 4 is 27.5 Å². The van der Waals surface area contributed by atoms with E-state index in [-0.39, 0.29) is 28.6 Å². The molecule has 0 spiro atoms. The van der Waals surface area contributed by atoms with E-state index >= 15 is 0 Å². The number of amides is 2. The van der Waals surface area contributed by atoms with Gasteiger partial charge < -0.3 is 15.2 Å². The van der Waals surface area contributed by atoms with Crippen molar-refractivity contribution in [1.29, 1.82) is 0 Å². The Morgan fingerprint density at radius 3 is 2.72 bits per heavy atom. The van der Waals surface area contributed by atoms with Crippen molar-refractivity contribution in [3.05, 3.63) is 41.4 Å². The molecule has 1 aliphatic rings. The molecule has 1 unspecified atom stereocenters. The Morgan fingerprint density at radius 1 is 1.28 bits per heavy atom. The molecule has 132 valence electrons. The molecule has 1 fully saturated rings. The molecule has 2 aromatic rings. The standard InChI is InChI=1S/C15H16N4O5S/c1-9-6-13(19-24-9)18-14(20)10-2-4-16-12(7-10)15(21)17-11-3-5-25(22,23)8-11/h2,4,6-7,11H,3,5,8H2,1H3,(H,17,21)(H,18,19,20). The highest BCUT2D eigenvalue weighted by Gasteiger charge is 2.29. The maximum absolute atomic E-state index is 12.2. The minimum Gasteiger partial charge on any atom is -0.360 e. The van der Waals surface area contributed by atoms with Crippen LogP contribution in [0.4, 0.5) is 5.82 Å². The zero-order valence-electron chi connectivity index (χ0n) is 13.4. The minimum absolute atomic E-state index is 0.0354. The molecule has 10 heteroatoms. The molecule has 1 aliphatic heterocycles. The average molecular weight is 364 g/mol. The average Bonchev–Trinajstić information content (AvgIpc) is 3.12. The number of hydrogen-bond donors (Lipinski definition) is 2. The van der Waals surface area contributed by atoms with Crippen molar-refractivity contribution in [2.24, 2.45) is 0 Å². The van der Waals surface area contributed by atoms with Crippen LogP contribution in [0, 0.1) is 6.92 Å². The Balaban J connectivity index is 1.68. The van der Waals surface area contributed by atoms with Gasteiger partial charge in [-0.25, -0.2) is 8.42 Å². The SMILES string of the molecule is Cc1cc(NC(=O)c2ccnc(C(=O)NC3CCS(=O)(=O)C3)c2)no1. The third kappa shape index (κ3) is 4.21. The summed E-state index contributed by atoms with van der Waals surface area (Å²) in [5.74, 6) is -0.185. The fourth-order valence-electron chi connectivity index (χ4n) is 2.48. The molecule has 2 N–H and O–H groups in total.